The molecule has 0 bridgehead atoms. The molecule has 0 aromatic heterocycles. The van der Waals surface area contributed by atoms with Crippen LogP contribution in [0.5, 0.6) is 0 Å². The van der Waals surface area contributed by atoms with E-state index in [1.807, 2.05) is 4.90 Å². The molecule has 0 unspecified atom stereocenters. The Hall–Kier alpha value is -0.870. The molecular weight excluding hydrogens is 206 g/mol. The van der Waals surface area contributed by atoms with Gasteiger partial charge in [0.1, 0.15) is 0 Å². The summed E-state index contributed by atoms with van der Waals surface area (Å²) in [6.07, 6.45) is 2.79. The summed E-state index contributed by atoms with van der Waals surface area (Å²) in [5.41, 5.74) is 0. The molecule has 0 aromatic carbocycles. The van der Waals surface area contributed by atoms with Crippen molar-refractivity contribution in [2.45, 2.75) is 20.3 Å². The molecule has 0 rings (SSSR count). The molecule has 0 radical (unpaired) electrons. The Bertz CT molecular complexity index is 195. The van der Waals surface area contributed by atoms with Crippen LogP contribution in [-0.4, -0.2) is 50.3 Å². The van der Waals surface area contributed by atoms with Gasteiger partial charge in [-0.2, -0.15) is 0 Å². The van der Waals surface area contributed by atoms with Crippen molar-refractivity contribution in [3.63, 3.8) is 0 Å². The molecule has 16 heavy (non-hydrogen) atoms. The van der Waals surface area contributed by atoms with Crippen molar-refractivity contribution in [1.82, 2.24) is 4.90 Å². The fraction of sp³-hybridized carbons (Fsp3) is 0.750. The van der Waals surface area contributed by atoms with Crippen LogP contribution in [0.2, 0.25) is 0 Å². The number of esters is 1. The summed E-state index contributed by atoms with van der Waals surface area (Å²) in [6.45, 7) is 11.1. The number of nitrogens with zero attached hydrogens (tertiary/aromatic N) is 1. The zero-order chi connectivity index (χ0) is 12.2. The molecule has 0 aliphatic heterocycles. The average molecular weight is 229 g/mol. The van der Waals surface area contributed by atoms with Gasteiger partial charge in [0.2, 0.25) is 0 Å². The van der Waals surface area contributed by atoms with Crippen LogP contribution in [-0.2, 0) is 14.3 Å². The first-order valence-electron chi connectivity index (χ1n) is 5.81. The van der Waals surface area contributed by atoms with Gasteiger partial charge in [-0.3, -0.25) is 9.69 Å². The molecule has 0 heterocycles. The van der Waals surface area contributed by atoms with Crippen molar-refractivity contribution >= 4 is 5.97 Å². The van der Waals surface area contributed by atoms with E-state index in [0.717, 1.165) is 19.6 Å². The second-order valence-electron chi connectivity index (χ2n) is 3.44. The Balaban J connectivity index is 3.77. The van der Waals surface area contributed by atoms with Gasteiger partial charge in [-0.05, 0) is 13.3 Å². The molecule has 0 saturated carbocycles. The molecule has 4 heteroatoms. The minimum absolute atomic E-state index is 0.195. The van der Waals surface area contributed by atoms with Crippen LogP contribution >= 0.6 is 0 Å². The van der Waals surface area contributed by atoms with Crippen molar-refractivity contribution in [2.24, 2.45) is 0 Å². The van der Waals surface area contributed by atoms with Crippen molar-refractivity contribution in [3.05, 3.63) is 12.7 Å². The SMILES string of the molecule is C=CCN(CCOCCC)CC(=O)OCC. The highest BCUT2D eigenvalue weighted by Gasteiger charge is 2.09. The van der Waals surface area contributed by atoms with Crippen LogP contribution in [0.3, 0.4) is 0 Å². The highest BCUT2D eigenvalue weighted by atomic mass is 16.5. The Labute approximate surface area is 98.2 Å². The average Bonchev–Trinajstić information content (AvgIpc) is 2.25. The molecule has 0 aromatic rings. The van der Waals surface area contributed by atoms with Crippen molar-refractivity contribution in [2.75, 3.05) is 39.5 Å². The molecule has 0 amide bonds. The molecule has 94 valence electrons. The number of rotatable bonds is 10. The van der Waals surface area contributed by atoms with Crippen LogP contribution in [0.25, 0.3) is 0 Å². The largest absolute Gasteiger partial charge is 0.465 e. The normalized spacial score (nSPS) is 10.4. The highest BCUT2D eigenvalue weighted by Crippen LogP contribution is 1.92. The lowest BCUT2D eigenvalue weighted by atomic mass is 10.4. The summed E-state index contributed by atoms with van der Waals surface area (Å²) < 4.78 is 10.3. The standard InChI is InChI=1S/C12H23NO3/c1-4-7-13(8-10-15-9-5-2)11-12(14)16-6-3/h4H,1,5-11H2,2-3H3. The predicted molar refractivity (Wildman–Crippen MR) is 64.4 cm³/mol. The minimum Gasteiger partial charge on any atom is -0.465 e. The molecule has 0 aliphatic carbocycles. The first kappa shape index (κ1) is 15.1. The lowest BCUT2D eigenvalue weighted by Crippen LogP contribution is -2.34. The van der Waals surface area contributed by atoms with Crippen LogP contribution in [0.1, 0.15) is 20.3 Å². The number of carbonyl (C=O) groups excluding carboxylic acids is 1. The topological polar surface area (TPSA) is 38.8 Å². The molecule has 0 fully saturated rings. The van der Waals surface area contributed by atoms with Gasteiger partial charge in [0, 0.05) is 19.7 Å². The third kappa shape index (κ3) is 8.44. The highest BCUT2D eigenvalue weighted by molar-refractivity contribution is 5.71. The first-order chi connectivity index (χ1) is 7.74. The minimum atomic E-state index is -0.195. The Morgan fingerprint density at radius 3 is 2.69 bits per heavy atom. The lowest BCUT2D eigenvalue weighted by Gasteiger charge is -2.19. The summed E-state index contributed by atoms with van der Waals surface area (Å²) in [4.78, 5) is 13.2. The van der Waals surface area contributed by atoms with Gasteiger partial charge in [-0.25, -0.2) is 0 Å². The molecule has 0 aliphatic rings. The monoisotopic (exact) mass is 229 g/mol. The van der Waals surface area contributed by atoms with Crippen molar-refractivity contribution < 1.29 is 14.3 Å². The third-order valence-corrected chi connectivity index (χ3v) is 1.95. The summed E-state index contributed by atoms with van der Waals surface area (Å²) in [7, 11) is 0. The molecule has 0 spiro atoms. The van der Waals surface area contributed by atoms with E-state index in [-0.39, 0.29) is 5.97 Å². The Morgan fingerprint density at radius 2 is 2.12 bits per heavy atom. The molecule has 0 N–H and O–H groups in total. The Kier molecular flexibility index (Phi) is 10.1. The van der Waals surface area contributed by atoms with Crippen LogP contribution in [0, 0.1) is 0 Å². The molecule has 4 nitrogen and oxygen atoms in total. The maximum atomic E-state index is 11.3. The van der Waals surface area contributed by atoms with Gasteiger partial charge < -0.3 is 9.47 Å². The van der Waals surface area contributed by atoms with E-state index >= 15 is 0 Å². The summed E-state index contributed by atoms with van der Waals surface area (Å²) >= 11 is 0. The van der Waals surface area contributed by atoms with Gasteiger partial charge in [0.15, 0.2) is 0 Å². The van der Waals surface area contributed by atoms with Crippen molar-refractivity contribution in [3.8, 4) is 0 Å². The van der Waals surface area contributed by atoms with Gasteiger partial charge in [0.05, 0.1) is 19.8 Å². The van der Waals surface area contributed by atoms with Crippen LogP contribution in [0.4, 0.5) is 0 Å². The maximum absolute atomic E-state index is 11.3. The van der Waals surface area contributed by atoms with Crippen LogP contribution < -0.4 is 0 Å². The Morgan fingerprint density at radius 1 is 1.38 bits per heavy atom. The van der Waals surface area contributed by atoms with E-state index in [4.69, 9.17) is 9.47 Å². The van der Waals surface area contributed by atoms with Crippen molar-refractivity contribution in [1.29, 1.82) is 0 Å². The molecular formula is C12H23NO3. The van der Waals surface area contributed by atoms with Gasteiger partial charge in [-0.15, -0.1) is 6.58 Å². The number of hydrogen-bond donors (Lipinski definition) is 0. The fourth-order valence-corrected chi connectivity index (χ4v) is 1.25. The zero-order valence-corrected chi connectivity index (χ0v) is 10.4. The van der Waals surface area contributed by atoms with E-state index in [0.29, 0.717) is 26.3 Å². The number of ether oxygens (including phenoxy) is 2. The summed E-state index contributed by atoms with van der Waals surface area (Å²) in [5.74, 6) is -0.195. The summed E-state index contributed by atoms with van der Waals surface area (Å²) in [6, 6.07) is 0. The third-order valence-electron chi connectivity index (χ3n) is 1.95. The first-order valence-corrected chi connectivity index (χ1v) is 5.81. The van der Waals surface area contributed by atoms with E-state index in [9.17, 15) is 4.79 Å². The van der Waals surface area contributed by atoms with E-state index in [1.165, 1.54) is 0 Å². The molecule has 0 atom stereocenters. The van der Waals surface area contributed by atoms with Gasteiger partial charge in [-0.1, -0.05) is 13.0 Å². The second-order valence-corrected chi connectivity index (χ2v) is 3.44. The number of hydrogen-bond acceptors (Lipinski definition) is 4. The second kappa shape index (κ2) is 10.6. The summed E-state index contributed by atoms with van der Waals surface area (Å²) in [5, 5.41) is 0. The van der Waals surface area contributed by atoms with E-state index in [1.54, 1.807) is 13.0 Å². The van der Waals surface area contributed by atoms with Gasteiger partial charge in [0.25, 0.3) is 0 Å². The zero-order valence-electron chi connectivity index (χ0n) is 10.4. The smallest absolute Gasteiger partial charge is 0.320 e. The van der Waals surface area contributed by atoms with Gasteiger partial charge >= 0.3 is 5.97 Å². The van der Waals surface area contributed by atoms with E-state index in [2.05, 4.69) is 13.5 Å². The molecule has 0 saturated heterocycles. The number of carbonyl (C=O) groups is 1. The van der Waals surface area contributed by atoms with E-state index < -0.39 is 0 Å². The van der Waals surface area contributed by atoms with Crippen LogP contribution in [0.15, 0.2) is 12.7 Å². The lowest BCUT2D eigenvalue weighted by molar-refractivity contribution is -0.144. The maximum Gasteiger partial charge on any atom is 0.320 e. The quantitative estimate of drug-likeness (QED) is 0.323. The predicted octanol–water partition coefficient (Wildman–Crippen LogP) is 1.46. The fourth-order valence-electron chi connectivity index (χ4n) is 1.25.